The standard InChI is InChI=1S/C23H23N3O/c1-2-24-23(27)18-11-6-10-16-14-8-5-9-17(14)22(26-21(16)18)19-13-25-20-12-4-3-7-15(19)20/h3-8,10-14,17,22,25-26H,2,9H2,1H3,(H,24,27). The van der Waals surface area contributed by atoms with Crippen molar-refractivity contribution in [1.29, 1.82) is 0 Å². The van der Waals surface area contributed by atoms with Crippen LogP contribution in [0.15, 0.2) is 60.8 Å². The quantitative estimate of drug-likeness (QED) is 0.593. The molecule has 2 aromatic carbocycles. The Labute approximate surface area is 158 Å². The van der Waals surface area contributed by atoms with Crippen molar-refractivity contribution in [3.63, 3.8) is 0 Å². The minimum Gasteiger partial charge on any atom is -0.377 e. The van der Waals surface area contributed by atoms with Crippen LogP contribution in [0.1, 0.15) is 46.8 Å². The molecule has 2 heterocycles. The third kappa shape index (κ3) is 2.47. The Kier molecular flexibility index (Phi) is 3.78. The fraction of sp³-hybridized carbons (Fsp3) is 0.261. The Balaban J connectivity index is 1.64. The molecule has 3 aromatic rings. The predicted molar refractivity (Wildman–Crippen MR) is 109 cm³/mol. The van der Waals surface area contributed by atoms with Gasteiger partial charge in [-0.2, -0.15) is 0 Å². The molecular formula is C23H23N3O. The van der Waals surface area contributed by atoms with Gasteiger partial charge in [-0.05, 0) is 42.5 Å². The van der Waals surface area contributed by atoms with Crippen LogP contribution in [-0.2, 0) is 0 Å². The van der Waals surface area contributed by atoms with Crippen LogP contribution < -0.4 is 10.6 Å². The molecule has 2 aliphatic rings. The van der Waals surface area contributed by atoms with Crippen molar-refractivity contribution in [2.24, 2.45) is 5.92 Å². The lowest BCUT2D eigenvalue weighted by Gasteiger charge is -2.38. The van der Waals surface area contributed by atoms with Gasteiger partial charge in [-0.15, -0.1) is 0 Å². The van der Waals surface area contributed by atoms with E-state index in [4.69, 9.17) is 0 Å². The smallest absolute Gasteiger partial charge is 0.253 e. The number of carbonyl (C=O) groups excluding carboxylic acids is 1. The van der Waals surface area contributed by atoms with Crippen molar-refractivity contribution in [1.82, 2.24) is 10.3 Å². The van der Waals surface area contributed by atoms with Crippen molar-refractivity contribution in [3.05, 3.63) is 77.5 Å². The molecule has 0 bridgehead atoms. The van der Waals surface area contributed by atoms with Crippen molar-refractivity contribution in [2.45, 2.75) is 25.3 Å². The molecule has 4 nitrogen and oxygen atoms in total. The summed E-state index contributed by atoms with van der Waals surface area (Å²) in [5.74, 6) is 0.787. The van der Waals surface area contributed by atoms with E-state index in [9.17, 15) is 4.79 Å². The van der Waals surface area contributed by atoms with Crippen LogP contribution in [0.3, 0.4) is 0 Å². The summed E-state index contributed by atoms with van der Waals surface area (Å²) in [5, 5.41) is 7.95. The van der Waals surface area contributed by atoms with Crippen LogP contribution in [0.2, 0.25) is 0 Å². The summed E-state index contributed by atoms with van der Waals surface area (Å²) in [6.07, 6.45) is 7.77. The molecule has 0 fully saturated rings. The zero-order valence-corrected chi connectivity index (χ0v) is 15.3. The van der Waals surface area contributed by atoms with Crippen LogP contribution in [0, 0.1) is 5.92 Å². The van der Waals surface area contributed by atoms with E-state index in [0.29, 0.717) is 18.4 Å². The van der Waals surface area contributed by atoms with Gasteiger partial charge in [-0.1, -0.05) is 42.5 Å². The van der Waals surface area contributed by atoms with Gasteiger partial charge in [0.25, 0.3) is 5.91 Å². The van der Waals surface area contributed by atoms with E-state index in [-0.39, 0.29) is 11.9 Å². The number of nitrogens with one attached hydrogen (secondary N) is 3. The Hall–Kier alpha value is -3.01. The Bertz CT molecular complexity index is 1050. The first-order valence-corrected chi connectivity index (χ1v) is 9.68. The second-order valence-electron chi connectivity index (χ2n) is 7.39. The molecule has 0 spiro atoms. The van der Waals surface area contributed by atoms with E-state index < -0.39 is 0 Å². The molecule has 1 aromatic heterocycles. The fourth-order valence-corrected chi connectivity index (χ4v) is 4.73. The summed E-state index contributed by atoms with van der Waals surface area (Å²) < 4.78 is 0. The van der Waals surface area contributed by atoms with E-state index in [1.54, 1.807) is 0 Å². The molecule has 5 rings (SSSR count). The molecule has 3 atom stereocenters. The van der Waals surface area contributed by atoms with Crippen LogP contribution >= 0.6 is 0 Å². The summed E-state index contributed by atoms with van der Waals surface area (Å²) in [6.45, 7) is 2.57. The number of benzene rings is 2. The predicted octanol–water partition coefficient (Wildman–Crippen LogP) is 4.74. The highest BCUT2D eigenvalue weighted by atomic mass is 16.1. The van der Waals surface area contributed by atoms with Gasteiger partial charge in [0.2, 0.25) is 0 Å². The maximum Gasteiger partial charge on any atom is 0.253 e. The number of H-pyrrole nitrogens is 1. The van der Waals surface area contributed by atoms with Crippen LogP contribution in [0.25, 0.3) is 10.9 Å². The SMILES string of the molecule is CCNC(=O)c1cccc2c1NC(c1c[nH]c3ccccc13)C1CC=CC21. The number of para-hydroxylation sites is 2. The molecule has 3 N–H and O–H groups in total. The minimum absolute atomic E-state index is 0.0139. The molecule has 1 aliphatic carbocycles. The first-order chi connectivity index (χ1) is 13.3. The van der Waals surface area contributed by atoms with Crippen LogP contribution in [-0.4, -0.2) is 17.4 Å². The molecule has 0 radical (unpaired) electrons. The number of rotatable bonds is 3. The number of anilines is 1. The third-order valence-electron chi connectivity index (χ3n) is 5.93. The van der Waals surface area contributed by atoms with Gasteiger partial charge in [-0.25, -0.2) is 0 Å². The van der Waals surface area contributed by atoms with E-state index in [0.717, 1.165) is 23.2 Å². The Morgan fingerprint density at radius 2 is 2.04 bits per heavy atom. The highest BCUT2D eigenvalue weighted by molar-refractivity contribution is 6.01. The van der Waals surface area contributed by atoms with Crippen molar-refractivity contribution in [3.8, 4) is 0 Å². The number of fused-ring (bicyclic) bond motifs is 4. The normalized spacial score (nSPS) is 22.9. The van der Waals surface area contributed by atoms with Gasteiger partial charge in [-0.3, -0.25) is 4.79 Å². The van der Waals surface area contributed by atoms with Crippen LogP contribution in [0.4, 0.5) is 5.69 Å². The number of aromatic nitrogens is 1. The maximum absolute atomic E-state index is 12.6. The van der Waals surface area contributed by atoms with Crippen molar-refractivity contribution >= 4 is 22.5 Å². The summed E-state index contributed by atoms with van der Waals surface area (Å²) in [7, 11) is 0. The molecule has 1 aliphatic heterocycles. The first-order valence-electron chi connectivity index (χ1n) is 9.68. The molecule has 0 saturated carbocycles. The second-order valence-corrected chi connectivity index (χ2v) is 7.39. The molecule has 136 valence electrons. The Morgan fingerprint density at radius 1 is 1.15 bits per heavy atom. The zero-order chi connectivity index (χ0) is 18.4. The lowest BCUT2D eigenvalue weighted by molar-refractivity contribution is 0.0956. The summed E-state index contributed by atoms with van der Waals surface area (Å²) in [6, 6.07) is 14.7. The average Bonchev–Trinajstić information content (AvgIpc) is 3.34. The lowest BCUT2D eigenvalue weighted by atomic mass is 9.76. The van der Waals surface area contributed by atoms with E-state index >= 15 is 0 Å². The van der Waals surface area contributed by atoms with E-state index in [1.807, 2.05) is 19.1 Å². The van der Waals surface area contributed by atoms with E-state index in [1.165, 1.54) is 16.5 Å². The topological polar surface area (TPSA) is 56.9 Å². The zero-order valence-electron chi connectivity index (χ0n) is 15.3. The van der Waals surface area contributed by atoms with Gasteiger partial charge in [0.05, 0.1) is 17.3 Å². The summed E-state index contributed by atoms with van der Waals surface area (Å²) in [5.41, 5.74) is 5.37. The number of carbonyl (C=O) groups is 1. The highest BCUT2D eigenvalue weighted by Gasteiger charge is 2.40. The fourth-order valence-electron chi connectivity index (χ4n) is 4.73. The minimum atomic E-state index is -0.0139. The third-order valence-corrected chi connectivity index (χ3v) is 5.93. The first kappa shape index (κ1) is 16.2. The molecule has 1 amide bonds. The van der Waals surface area contributed by atoms with Crippen LogP contribution in [0.5, 0.6) is 0 Å². The van der Waals surface area contributed by atoms with Gasteiger partial charge in [0, 0.05) is 29.6 Å². The number of hydrogen-bond acceptors (Lipinski definition) is 2. The molecule has 4 heteroatoms. The molecular weight excluding hydrogens is 334 g/mol. The average molecular weight is 357 g/mol. The van der Waals surface area contributed by atoms with Gasteiger partial charge < -0.3 is 15.6 Å². The number of aromatic amines is 1. The summed E-state index contributed by atoms with van der Waals surface area (Å²) in [4.78, 5) is 16.0. The maximum atomic E-state index is 12.6. The Morgan fingerprint density at radius 3 is 2.93 bits per heavy atom. The monoisotopic (exact) mass is 357 g/mol. The number of hydrogen-bond donors (Lipinski definition) is 3. The molecule has 3 unspecified atom stereocenters. The van der Waals surface area contributed by atoms with Crippen molar-refractivity contribution in [2.75, 3.05) is 11.9 Å². The highest BCUT2D eigenvalue weighted by Crippen LogP contribution is 2.51. The van der Waals surface area contributed by atoms with Gasteiger partial charge >= 0.3 is 0 Å². The summed E-state index contributed by atoms with van der Waals surface area (Å²) >= 11 is 0. The number of allylic oxidation sites excluding steroid dienone is 2. The largest absolute Gasteiger partial charge is 0.377 e. The second kappa shape index (κ2) is 6.31. The van der Waals surface area contributed by atoms with Crippen molar-refractivity contribution < 1.29 is 4.79 Å². The lowest BCUT2D eigenvalue weighted by Crippen LogP contribution is -2.32. The molecule has 27 heavy (non-hydrogen) atoms. The van der Waals surface area contributed by atoms with Gasteiger partial charge in [0.15, 0.2) is 0 Å². The molecule has 0 saturated heterocycles. The number of amides is 1. The van der Waals surface area contributed by atoms with Gasteiger partial charge in [0.1, 0.15) is 0 Å². The van der Waals surface area contributed by atoms with E-state index in [2.05, 4.69) is 64.3 Å².